The van der Waals surface area contributed by atoms with Crippen molar-refractivity contribution < 1.29 is 13.2 Å². The molecule has 3 N–H and O–H groups in total. The second kappa shape index (κ2) is 4.47. The first-order valence-electron chi connectivity index (χ1n) is 6.09. The first-order chi connectivity index (χ1) is 8.81. The minimum atomic E-state index is -2.07. The summed E-state index contributed by atoms with van der Waals surface area (Å²) >= 11 is 0. The van der Waals surface area contributed by atoms with Gasteiger partial charge in [0.05, 0.1) is 5.54 Å². The van der Waals surface area contributed by atoms with Crippen LogP contribution in [0.15, 0.2) is 30.5 Å². The summed E-state index contributed by atoms with van der Waals surface area (Å²) in [5.74, 6) is -0.427. The second-order valence-electron chi connectivity index (χ2n) is 5.27. The highest BCUT2D eigenvalue weighted by Crippen LogP contribution is 2.41. The molecule has 2 rings (SSSR count). The van der Waals surface area contributed by atoms with E-state index in [1.165, 1.54) is 18.2 Å². The predicted octanol–water partition coefficient (Wildman–Crippen LogP) is 3.20. The number of piperidine rings is 1. The minimum Gasteiger partial charge on any atom is -0.399 e. The van der Waals surface area contributed by atoms with Gasteiger partial charge in [0.2, 0.25) is 0 Å². The van der Waals surface area contributed by atoms with Gasteiger partial charge in [0.25, 0.3) is 0 Å². The van der Waals surface area contributed by atoms with Gasteiger partial charge in [-0.1, -0.05) is 6.58 Å². The largest absolute Gasteiger partial charge is 0.399 e. The third-order valence-electron chi connectivity index (χ3n) is 3.79. The van der Waals surface area contributed by atoms with E-state index in [-0.39, 0.29) is 18.5 Å². The van der Waals surface area contributed by atoms with E-state index in [1.807, 2.05) is 0 Å². The average Bonchev–Trinajstić information content (AvgIpc) is 2.37. The zero-order valence-corrected chi connectivity index (χ0v) is 10.8. The fourth-order valence-corrected chi connectivity index (χ4v) is 2.42. The van der Waals surface area contributed by atoms with Gasteiger partial charge in [-0.3, -0.25) is 0 Å². The van der Waals surface area contributed by atoms with Crippen LogP contribution in [0.2, 0.25) is 0 Å². The van der Waals surface area contributed by atoms with Crippen LogP contribution in [0.25, 0.3) is 0 Å². The molecule has 104 valence electrons. The summed E-state index contributed by atoms with van der Waals surface area (Å²) in [6.07, 6.45) is 0.215. The maximum atomic E-state index is 14.1. The summed E-state index contributed by atoms with van der Waals surface area (Å²) in [4.78, 5) is 0. The lowest BCUT2D eigenvalue weighted by atomic mass is 9.78. The predicted molar refractivity (Wildman–Crippen MR) is 69.5 cm³/mol. The maximum Gasteiger partial charge on any atom is 0.177 e. The Bertz CT molecular complexity index is 517. The number of allylic oxidation sites excluding steroid dienone is 1. The van der Waals surface area contributed by atoms with E-state index >= 15 is 0 Å². The van der Waals surface area contributed by atoms with Crippen molar-refractivity contribution in [2.45, 2.75) is 31.0 Å². The molecule has 0 saturated carbocycles. The SMILES string of the molecule is C=C1N[C@](C)(c2cc(N)ccc2F)CC[C@@]1(F)CF. The van der Waals surface area contributed by atoms with E-state index in [0.717, 1.165) is 0 Å². The summed E-state index contributed by atoms with van der Waals surface area (Å²) in [5, 5.41) is 2.81. The molecule has 0 amide bonds. The van der Waals surface area contributed by atoms with Crippen LogP contribution in [0.3, 0.4) is 0 Å². The molecule has 2 nitrogen and oxygen atoms in total. The van der Waals surface area contributed by atoms with Gasteiger partial charge in [-0.25, -0.2) is 13.2 Å². The number of hydrogen-bond acceptors (Lipinski definition) is 2. The van der Waals surface area contributed by atoms with E-state index in [0.29, 0.717) is 11.3 Å². The molecule has 1 aliphatic heterocycles. The van der Waals surface area contributed by atoms with Gasteiger partial charge in [-0.05, 0) is 38.0 Å². The van der Waals surface area contributed by atoms with Crippen LogP contribution in [0.1, 0.15) is 25.3 Å². The van der Waals surface area contributed by atoms with Crippen molar-refractivity contribution in [2.75, 3.05) is 12.4 Å². The number of halogens is 3. The zero-order valence-electron chi connectivity index (χ0n) is 10.8. The van der Waals surface area contributed by atoms with E-state index in [1.54, 1.807) is 6.92 Å². The van der Waals surface area contributed by atoms with Crippen molar-refractivity contribution in [3.63, 3.8) is 0 Å². The van der Waals surface area contributed by atoms with Gasteiger partial charge < -0.3 is 11.1 Å². The van der Waals surface area contributed by atoms with Crippen LogP contribution in [-0.2, 0) is 5.54 Å². The van der Waals surface area contributed by atoms with E-state index in [9.17, 15) is 13.2 Å². The van der Waals surface area contributed by atoms with Crippen LogP contribution >= 0.6 is 0 Å². The summed E-state index contributed by atoms with van der Waals surface area (Å²) in [6.45, 7) is 4.13. The number of benzene rings is 1. The Hall–Kier alpha value is -1.65. The molecule has 2 atom stereocenters. The van der Waals surface area contributed by atoms with Crippen LogP contribution < -0.4 is 11.1 Å². The number of nitrogens with one attached hydrogen (secondary N) is 1. The Labute approximate surface area is 110 Å². The summed E-state index contributed by atoms with van der Waals surface area (Å²) in [7, 11) is 0. The van der Waals surface area contributed by atoms with E-state index < -0.39 is 23.7 Å². The second-order valence-corrected chi connectivity index (χ2v) is 5.27. The molecule has 1 aliphatic rings. The normalized spacial score (nSPS) is 31.1. The molecule has 1 aromatic carbocycles. The van der Waals surface area contributed by atoms with Crippen molar-refractivity contribution in [2.24, 2.45) is 0 Å². The molecule has 0 unspecified atom stereocenters. The fourth-order valence-electron chi connectivity index (χ4n) is 2.42. The minimum absolute atomic E-state index is 0.0416. The molecule has 0 bridgehead atoms. The molecule has 0 radical (unpaired) electrons. The van der Waals surface area contributed by atoms with E-state index in [4.69, 9.17) is 5.73 Å². The Morgan fingerprint density at radius 2 is 2.11 bits per heavy atom. The molecular formula is C14H17F3N2. The fraction of sp³-hybridized carbons (Fsp3) is 0.429. The molecule has 1 saturated heterocycles. The molecule has 5 heteroatoms. The number of nitrogens with two attached hydrogens (primary N) is 1. The maximum absolute atomic E-state index is 14.1. The number of anilines is 1. The molecule has 19 heavy (non-hydrogen) atoms. The summed E-state index contributed by atoms with van der Waals surface area (Å²) in [5.41, 5.74) is 3.47. The number of rotatable bonds is 2. The first-order valence-corrected chi connectivity index (χ1v) is 6.09. The molecule has 0 aliphatic carbocycles. The van der Waals surface area contributed by atoms with Gasteiger partial charge in [0.1, 0.15) is 12.5 Å². The Balaban J connectivity index is 2.36. The van der Waals surface area contributed by atoms with Gasteiger partial charge in [0.15, 0.2) is 5.67 Å². The molecule has 0 spiro atoms. The van der Waals surface area contributed by atoms with Crippen molar-refractivity contribution in [1.29, 1.82) is 0 Å². The van der Waals surface area contributed by atoms with Gasteiger partial charge in [0, 0.05) is 16.9 Å². The highest BCUT2D eigenvalue weighted by atomic mass is 19.2. The highest BCUT2D eigenvalue weighted by molar-refractivity contribution is 5.44. The summed E-state index contributed by atoms with van der Waals surface area (Å²) < 4.78 is 40.7. The lowest BCUT2D eigenvalue weighted by Gasteiger charge is -2.43. The first kappa shape index (κ1) is 13.8. The standard InChI is InChI=1S/C14H17F3N2/c1-9-14(17,8-15)6-5-13(2,19-9)11-7-10(18)3-4-12(11)16/h3-4,7,19H,1,5-6,8,18H2,2H3/t13-,14+/m0/s1. The van der Waals surface area contributed by atoms with Gasteiger partial charge in [-0.2, -0.15) is 0 Å². The third-order valence-corrected chi connectivity index (χ3v) is 3.79. The molecule has 1 fully saturated rings. The van der Waals surface area contributed by atoms with E-state index in [2.05, 4.69) is 11.9 Å². The van der Waals surface area contributed by atoms with Crippen LogP contribution in [0, 0.1) is 5.82 Å². The van der Waals surface area contributed by atoms with Gasteiger partial charge >= 0.3 is 0 Å². The Morgan fingerprint density at radius 1 is 1.42 bits per heavy atom. The number of nitrogen functional groups attached to an aromatic ring is 1. The highest BCUT2D eigenvalue weighted by Gasteiger charge is 2.45. The van der Waals surface area contributed by atoms with Crippen molar-refractivity contribution in [3.8, 4) is 0 Å². The van der Waals surface area contributed by atoms with Crippen LogP contribution in [0.4, 0.5) is 18.9 Å². The van der Waals surface area contributed by atoms with Crippen LogP contribution in [-0.4, -0.2) is 12.3 Å². The van der Waals surface area contributed by atoms with Crippen molar-refractivity contribution >= 4 is 5.69 Å². The number of hydrogen-bond donors (Lipinski definition) is 2. The zero-order chi connectivity index (χ0) is 14.3. The van der Waals surface area contributed by atoms with Crippen molar-refractivity contribution in [3.05, 3.63) is 41.9 Å². The topological polar surface area (TPSA) is 38.0 Å². The lowest BCUT2D eigenvalue weighted by Crippen LogP contribution is -2.52. The van der Waals surface area contributed by atoms with Crippen LogP contribution in [0.5, 0.6) is 0 Å². The monoisotopic (exact) mass is 270 g/mol. The lowest BCUT2D eigenvalue weighted by molar-refractivity contribution is 0.0882. The Morgan fingerprint density at radius 3 is 2.68 bits per heavy atom. The molecule has 0 aromatic heterocycles. The number of alkyl halides is 2. The summed E-state index contributed by atoms with van der Waals surface area (Å²) in [6, 6.07) is 4.24. The molecular weight excluding hydrogens is 253 g/mol. The smallest absolute Gasteiger partial charge is 0.177 e. The third kappa shape index (κ3) is 2.29. The molecule has 1 aromatic rings. The average molecular weight is 270 g/mol. The Kier molecular flexibility index (Phi) is 3.24. The van der Waals surface area contributed by atoms with Crippen molar-refractivity contribution in [1.82, 2.24) is 5.32 Å². The quantitative estimate of drug-likeness (QED) is 0.810. The van der Waals surface area contributed by atoms with Gasteiger partial charge in [-0.15, -0.1) is 0 Å². The molecule has 1 heterocycles.